The lowest BCUT2D eigenvalue weighted by Crippen LogP contribution is -2.16. The van der Waals surface area contributed by atoms with Gasteiger partial charge in [-0.25, -0.2) is 9.78 Å². The predicted molar refractivity (Wildman–Crippen MR) is 98.0 cm³/mol. The van der Waals surface area contributed by atoms with Crippen molar-refractivity contribution in [2.75, 3.05) is 12.4 Å². The molecule has 25 heavy (non-hydrogen) atoms. The molecule has 1 aromatic heterocycles. The molecular weight excluding hydrogens is 336 g/mol. The Hall–Kier alpha value is -2.99. The van der Waals surface area contributed by atoms with E-state index in [1.807, 2.05) is 37.3 Å². The Morgan fingerprint density at radius 3 is 2.44 bits per heavy atom. The minimum atomic E-state index is -0.506. The number of para-hydroxylation sites is 1. The van der Waals surface area contributed by atoms with Crippen LogP contribution in [0.15, 0.2) is 54.6 Å². The summed E-state index contributed by atoms with van der Waals surface area (Å²) in [5.74, 6) is -0.867. The van der Waals surface area contributed by atoms with Crippen LogP contribution < -0.4 is 5.32 Å². The zero-order valence-electron chi connectivity index (χ0n) is 13.8. The number of nitrogens with one attached hydrogen (secondary N) is 1. The van der Waals surface area contributed by atoms with Crippen LogP contribution >= 0.6 is 11.3 Å². The van der Waals surface area contributed by atoms with E-state index >= 15 is 0 Å². The Labute approximate surface area is 149 Å². The summed E-state index contributed by atoms with van der Waals surface area (Å²) in [5, 5.41) is 3.57. The van der Waals surface area contributed by atoms with Gasteiger partial charge in [0.15, 0.2) is 0 Å². The Morgan fingerprint density at radius 2 is 1.72 bits per heavy atom. The van der Waals surface area contributed by atoms with Crippen molar-refractivity contribution in [2.24, 2.45) is 0 Å². The average Bonchev–Trinajstić information content (AvgIpc) is 3.04. The van der Waals surface area contributed by atoms with E-state index in [2.05, 4.69) is 10.3 Å². The zero-order valence-corrected chi connectivity index (χ0v) is 14.6. The van der Waals surface area contributed by atoms with E-state index in [4.69, 9.17) is 4.74 Å². The maximum Gasteiger partial charge on any atom is 0.339 e. The van der Waals surface area contributed by atoms with E-state index < -0.39 is 5.97 Å². The highest BCUT2D eigenvalue weighted by molar-refractivity contribution is 7.15. The number of amides is 1. The number of benzene rings is 2. The maximum absolute atomic E-state index is 12.8. The van der Waals surface area contributed by atoms with E-state index in [-0.39, 0.29) is 5.91 Å². The minimum absolute atomic E-state index is 0.298. The molecule has 1 N–H and O–H groups in total. The minimum Gasteiger partial charge on any atom is -0.465 e. The smallest absolute Gasteiger partial charge is 0.339 e. The lowest BCUT2D eigenvalue weighted by Gasteiger charge is -2.09. The second kappa shape index (κ2) is 7.27. The second-order valence-electron chi connectivity index (χ2n) is 5.27. The molecule has 0 bridgehead atoms. The first-order valence-electron chi connectivity index (χ1n) is 7.61. The van der Waals surface area contributed by atoms with Gasteiger partial charge in [-0.1, -0.05) is 42.5 Å². The van der Waals surface area contributed by atoms with Crippen molar-refractivity contribution in [3.63, 3.8) is 0 Å². The zero-order chi connectivity index (χ0) is 17.8. The second-order valence-corrected chi connectivity index (χ2v) is 6.47. The summed E-state index contributed by atoms with van der Waals surface area (Å²) in [6, 6.07) is 16.3. The molecule has 0 aliphatic heterocycles. The number of thiazole rings is 1. The summed E-state index contributed by atoms with van der Waals surface area (Å²) in [4.78, 5) is 29.8. The fourth-order valence-electron chi connectivity index (χ4n) is 2.43. The van der Waals surface area contributed by atoms with Crippen LogP contribution in [0.1, 0.15) is 25.9 Å². The Kier molecular flexibility index (Phi) is 4.90. The third-order valence-electron chi connectivity index (χ3n) is 3.57. The molecule has 3 aromatic rings. The molecule has 0 aliphatic carbocycles. The topological polar surface area (TPSA) is 68.3 Å². The van der Waals surface area contributed by atoms with Crippen molar-refractivity contribution in [2.45, 2.75) is 6.92 Å². The van der Waals surface area contributed by atoms with Gasteiger partial charge in [0, 0.05) is 0 Å². The number of hydrogen-bond donors (Lipinski definition) is 1. The highest BCUT2D eigenvalue weighted by Crippen LogP contribution is 2.30. The lowest BCUT2D eigenvalue weighted by molar-refractivity contribution is 0.0602. The monoisotopic (exact) mass is 352 g/mol. The first-order valence-corrected chi connectivity index (χ1v) is 8.43. The quantitative estimate of drug-likeness (QED) is 0.716. The summed E-state index contributed by atoms with van der Waals surface area (Å²) in [6.07, 6.45) is 0. The third kappa shape index (κ3) is 3.59. The number of rotatable bonds is 4. The first kappa shape index (κ1) is 16.9. The van der Waals surface area contributed by atoms with E-state index in [0.717, 1.165) is 15.4 Å². The molecule has 0 saturated carbocycles. The molecule has 0 atom stereocenters. The Bertz CT molecular complexity index is 919. The van der Waals surface area contributed by atoms with Crippen molar-refractivity contribution in [3.05, 3.63) is 70.9 Å². The number of ether oxygens (including phenoxy) is 1. The van der Waals surface area contributed by atoms with Gasteiger partial charge in [-0.2, -0.15) is 0 Å². The van der Waals surface area contributed by atoms with E-state index in [1.54, 1.807) is 24.3 Å². The molecule has 0 spiro atoms. The molecule has 5 nitrogen and oxygen atoms in total. The fraction of sp³-hybridized carbons (Fsp3) is 0.105. The number of anilines is 1. The SMILES string of the molecule is COC(=O)c1ccccc1NC(=O)c1nc(C)sc1-c1ccccc1. The Balaban J connectivity index is 1.95. The molecule has 6 heteroatoms. The molecule has 0 unspecified atom stereocenters. The van der Waals surface area contributed by atoms with Crippen LogP contribution in [0, 0.1) is 6.92 Å². The largest absolute Gasteiger partial charge is 0.465 e. The molecule has 0 radical (unpaired) electrons. The highest BCUT2D eigenvalue weighted by Gasteiger charge is 2.20. The van der Waals surface area contributed by atoms with Gasteiger partial charge in [0.05, 0.1) is 28.2 Å². The fourth-order valence-corrected chi connectivity index (χ4v) is 3.35. The molecule has 0 saturated heterocycles. The predicted octanol–water partition coefficient (Wildman–Crippen LogP) is 4.16. The van der Waals surface area contributed by atoms with E-state index in [9.17, 15) is 9.59 Å². The molecule has 126 valence electrons. The van der Waals surface area contributed by atoms with Gasteiger partial charge in [-0.3, -0.25) is 4.79 Å². The van der Waals surface area contributed by atoms with Gasteiger partial charge in [-0.05, 0) is 24.6 Å². The molecule has 0 aliphatic rings. The number of methoxy groups -OCH3 is 1. The van der Waals surface area contributed by atoms with Gasteiger partial charge < -0.3 is 10.1 Å². The van der Waals surface area contributed by atoms with Crippen molar-refractivity contribution in [1.29, 1.82) is 0 Å². The summed E-state index contributed by atoms with van der Waals surface area (Å²) in [5.41, 5.74) is 1.96. The Morgan fingerprint density at radius 1 is 1.04 bits per heavy atom. The van der Waals surface area contributed by atoms with Gasteiger partial charge >= 0.3 is 5.97 Å². The maximum atomic E-state index is 12.8. The molecule has 1 heterocycles. The average molecular weight is 352 g/mol. The number of esters is 1. The van der Waals surface area contributed by atoms with Crippen LogP contribution in [0.3, 0.4) is 0 Å². The third-order valence-corrected chi connectivity index (χ3v) is 4.59. The van der Waals surface area contributed by atoms with Crippen LogP contribution in [0.5, 0.6) is 0 Å². The number of hydrogen-bond acceptors (Lipinski definition) is 5. The summed E-state index contributed by atoms with van der Waals surface area (Å²) in [6.45, 7) is 1.86. The van der Waals surface area contributed by atoms with Crippen LogP contribution in [0.25, 0.3) is 10.4 Å². The lowest BCUT2D eigenvalue weighted by atomic mass is 10.1. The standard InChI is InChI=1S/C19H16N2O3S/c1-12-20-16(17(25-12)13-8-4-3-5-9-13)18(22)21-15-11-7-6-10-14(15)19(23)24-2/h3-11H,1-2H3,(H,21,22). The van der Waals surface area contributed by atoms with Crippen LogP contribution in [0.2, 0.25) is 0 Å². The van der Waals surface area contributed by atoms with Crippen molar-refractivity contribution >= 4 is 28.9 Å². The van der Waals surface area contributed by atoms with Crippen LogP contribution in [-0.4, -0.2) is 24.0 Å². The summed E-state index contributed by atoms with van der Waals surface area (Å²) < 4.78 is 4.76. The highest BCUT2D eigenvalue weighted by atomic mass is 32.1. The molecule has 3 rings (SSSR count). The number of carbonyl (C=O) groups excluding carboxylic acids is 2. The number of aromatic nitrogens is 1. The number of aryl methyl sites for hydroxylation is 1. The normalized spacial score (nSPS) is 10.3. The van der Waals surface area contributed by atoms with Gasteiger partial charge in [0.1, 0.15) is 5.69 Å². The molecule has 2 aromatic carbocycles. The first-order chi connectivity index (χ1) is 12.1. The van der Waals surface area contributed by atoms with Crippen molar-refractivity contribution in [1.82, 2.24) is 4.98 Å². The summed E-state index contributed by atoms with van der Waals surface area (Å²) >= 11 is 1.46. The number of carbonyl (C=O) groups is 2. The van der Waals surface area contributed by atoms with Gasteiger partial charge in [-0.15, -0.1) is 11.3 Å². The molecule has 0 fully saturated rings. The van der Waals surface area contributed by atoms with Crippen molar-refractivity contribution in [3.8, 4) is 10.4 Å². The van der Waals surface area contributed by atoms with Crippen molar-refractivity contribution < 1.29 is 14.3 Å². The van der Waals surface area contributed by atoms with E-state index in [1.165, 1.54) is 18.4 Å². The summed E-state index contributed by atoms with van der Waals surface area (Å²) in [7, 11) is 1.30. The number of nitrogens with zero attached hydrogens (tertiary/aromatic N) is 1. The van der Waals surface area contributed by atoms with Gasteiger partial charge in [0.25, 0.3) is 5.91 Å². The van der Waals surface area contributed by atoms with Crippen LogP contribution in [-0.2, 0) is 4.74 Å². The van der Waals surface area contributed by atoms with Gasteiger partial charge in [0.2, 0.25) is 0 Å². The molecular formula is C19H16N2O3S. The van der Waals surface area contributed by atoms with E-state index in [0.29, 0.717) is 16.9 Å². The molecule has 1 amide bonds. The van der Waals surface area contributed by atoms with Crippen LogP contribution in [0.4, 0.5) is 5.69 Å².